The van der Waals surface area contributed by atoms with Crippen LogP contribution in [0.5, 0.6) is 0 Å². The highest BCUT2D eigenvalue weighted by Gasteiger charge is 2.30. The Morgan fingerprint density at radius 3 is 0.844 bits per heavy atom. The van der Waals surface area contributed by atoms with Gasteiger partial charge in [-0.3, -0.25) is 37.3 Å². The molecular weight excluding hydrogens is 1190 g/mol. The van der Waals surface area contributed by atoms with Crippen LogP contribution < -0.4 is 0 Å². The Bertz CT molecular complexity index is 1770. The number of carbonyl (C=O) groups excluding carboxylic acids is 4. The van der Waals surface area contributed by atoms with Crippen molar-refractivity contribution < 1.29 is 80.2 Å². The Morgan fingerprint density at radius 1 is 0.322 bits per heavy atom. The number of aliphatic hydroxyl groups excluding tert-OH is 1. The third-order valence-corrected chi connectivity index (χ3v) is 19.0. The summed E-state index contributed by atoms with van der Waals surface area (Å²) in [5, 5.41) is 10.6. The molecule has 0 amide bonds. The van der Waals surface area contributed by atoms with E-state index in [9.17, 15) is 43.2 Å². The van der Waals surface area contributed by atoms with Gasteiger partial charge in [-0.2, -0.15) is 0 Å². The second kappa shape index (κ2) is 61.9. The van der Waals surface area contributed by atoms with E-state index in [0.717, 1.165) is 108 Å². The largest absolute Gasteiger partial charge is 0.472 e. The van der Waals surface area contributed by atoms with Gasteiger partial charge in [-0.25, -0.2) is 9.13 Å². The molecule has 0 saturated carbocycles. The Labute approximate surface area is 549 Å². The lowest BCUT2D eigenvalue weighted by Crippen LogP contribution is -2.30. The molecule has 0 aromatic rings. The summed E-state index contributed by atoms with van der Waals surface area (Å²) in [4.78, 5) is 72.5. The van der Waals surface area contributed by atoms with Crippen LogP contribution in [0.2, 0.25) is 0 Å². The van der Waals surface area contributed by atoms with Crippen molar-refractivity contribution in [3.63, 3.8) is 0 Å². The van der Waals surface area contributed by atoms with E-state index in [0.29, 0.717) is 31.6 Å². The first-order chi connectivity index (χ1) is 43.3. The van der Waals surface area contributed by atoms with Gasteiger partial charge in [0.2, 0.25) is 0 Å². The van der Waals surface area contributed by atoms with E-state index in [1.807, 2.05) is 0 Å². The first kappa shape index (κ1) is 88.1. The molecule has 4 unspecified atom stereocenters. The summed E-state index contributed by atoms with van der Waals surface area (Å²) < 4.78 is 68.2. The third-order valence-electron chi connectivity index (χ3n) is 17.1. The van der Waals surface area contributed by atoms with Crippen LogP contribution in [0.15, 0.2) is 0 Å². The minimum atomic E-state index is -4.95. The van der Waals surface area contributed by atoms with Gasteiger partial charge in [0.15, 0.2) is 12.2 Å². The highest BCUT2D eigenvalue weighted by Crippen LogP contribution is 2.45. The molecular formula is C71H138O17P2. The fraction of sp³-hybridized carbons (Fsp3) is 0.944. The van der Waals surface area contributed by atoms with Crippen LogP contribution in [0, 0.1) is 17.8 Å². The number of phosphoric acid groups is 2. The smallest absolute Gasteiger partial charge is 0.462 e. The Balaban J connectivity index is 5.21. The van der Waals surface area contributed by atoms with Gasteiger partial charge in [0, 0.05) is 25.7 Å². The van der Waals surface area contributed by atoms with Gasteiger partial charge in [-0.15, -0.1) is 0 Å². The van der Waals surface area contributed by atoms with Crippen LogP contribution in [0.3, 0.4) is 0 Å². The van der Waals surface area contributed by atoms with E-state index >= 15 is 0 Å². The lowest BCUT2D eigenvalue weighted by molar-refractivity contribution is -0.161. The number of aliphatic hydroxyl groups is 1. The average Bonchev–Trinajstić information content (AvgIpc) is 3.73. The molecule has 0 aromatic carbocycles. The summed E-state index contributed by atoms with van der Waals surface area (Å²) in [5.74, 6) is 0.0459. The molecule has 0 heterocycles. The molecule has 0 rings (SSSR count). The van der Waals surface area contributed by atoms with Gasteiger partial charge in [0.25, 0.3) is 0 Å². The predicted octanol–water partition coefficient (Wildman–Crippen LogP) is 20.2. The number of unbranched alkanes of at least 4 members (excludes halogenated alkanes) is 35. The molecule has 0 aliphatic carbocycles. The van der Waals surface area contributed by atoms with E-state index < -0.39 is 97.5 Å². The maximum Gasteiger partial charge on any atom is 0.472 e. The van der Waals surface area contributed by atoms with E-state index in [1.165, 1.54) is 161 Å². The van der Waals surface area contributed by atoms with Crippen molar-refractivity contribution in [2.75, 3.05) is 39.6 Å². The average molecular weight is 1330 g/mol. The van der Waals surface area contributed by atoms with E-state index in [2.05, 4.69) is 48.5 Å². The van der Waals surface area contributed by atoms with Crippen molar-refractivity contribution in [2.24, 2.45) is 17.8 Å². The molecule has 534 valence electrons. The first-order valence-corrected chi connectivity index (χ1v) is 39.9. The highest BCUT2D eigenvalue weighted by molar-refractivity contribution is 7.47. The van der Waals surface area contributed by atoms with E-state index in [4.69, 9.17) is 37.0 Å². The standard InChI is InChI=1S/C71H138O17P2/c1-8-11-12-13-14-15-16-17-18-19-20-21-22-23-24-25-30-40-47-54-70(75)87-66(58-81-68(73)52-45-38-29-27-26-28-36-43-50-63(6)9-2)60-85-89(77,78)83-56-65(72)57-84-90(79,80)86-61-67(59-82-69(74)53-46-39-33-31-35-42-49-62(4)5)88-71(76)55-48-41-34-32-37-44-51-64(7)10-3/h62-67,72H,8-61H2,1-7H3,(H,77,78)(H,79,80)/t63?,64?,65-,66-,67-/m1/s1. The van der Waals surface area contributed by atoms with Gasteiger partial charge in [-0.05, 0) is 43.4 Å². The fourth-order valence-electron chi connectivity index (χ4n) is 10.7. The van der Waals surface area contributed by atoms with Crippen molar-refractivity contribution in [2.45, 2.75) is 375 Å². The van der Waals surface area contributed by atoms with Crippen LogP contribution in [-0.4, -0.2) is 96.7 Å². The molecule has 19 heteroatoms. The van der Waals surface area contributed by atoms with Crippen molar-refractivity contribution in [1.82, 2.24) is 0 Å². The SMILES string of the molecule is CCCCCCCCCCCCCCCCCCCCCC(=O)O[C@H](COC(=O)CCCCCCCCCCC(C)CC)COP(=O)(O)OC[C@@H](O)COP(=O)(O)OC[C@@H](COC(=O)CCCCCCCCC(C)C)OC(=O)CCCCCCCCC(C)CC. The quantitative estimate of drug-likeness (QED) is 0.0222. The summed E-state index contributed by atoms with van der Waals surface area (Å²) >= 11 is 0. The highest BCUT2D eigenvalue weighted by atomic mass is 31.2. The second-order valence-corrected chi connectivity index (χ2v) is 29.5. The lowest BCUT2D eigenvalue weighted by Gasteiger charge is -2.21. The molecule has 7 atom stereocenters. The van der Waals surface area contributed by atoms with E-state index in [1.54, 1.807) is 0 Å². The van der Waals surface area contributed by atoms with Crippen LogP contribution in [0.4, 0.5) is 0 Å². The fourth-order valence-corrected chi connectivity index (χ4v) is 12.2. The minimum Gasteiger partial charge on any atom is -0.462 e. The topological polar surface area (TPSA) is 237 Å². The van der Waals surface area contributed by atoms with Gasteiger partial charge in [0.05, 0.1) is 26.4 Å². The van der Waals surface area contributed by atoms with Crippen LogP contribution >= 0.6 is 15.6 Å². The monoisotopic (exact) mass is 1320 g/mol. The molecule has 3 N–H and O–H groups in total. The van der Waals surface area contributed by atoms with Gasteiger partial charge in [-0.1, -0.05) is 305 Å². The van der Waals surface area contributed by atoms with Crippen LogP contribution in [0.25, 0.3) is 0 Å². The zero-order valence-corrected chi connectivity index (χ0v) is 60.4. The summed E-state index contributed by atoms with van der Waals surface area (Å²) in [6.07, 6.45) is 46.1. The Kier molecular flexibility index (Phi) is 60.6. The van der Waals surface area contributed by atoms with Crippen molar-refractivity contribution in [3.05, 3.63) is 0 Å². The Hall–Kier alpha value is -1.94. The predicted molar refractivity (Wildman–Crippen MR) is 363 cm³/mol. The number of ether oxygens (including phenoxy) is 4. The summed E-state index contributed by atoms with van der Waals surface area (Å²) in [7, 11) is -9.90. The molecule has 17 nitrogen and oxygen atoms in total. The molecule has 0 aliphatic rings. The molecule has 0 spiro atoms. The van der Waals surface area contributed by atoms with Crippen LogP contribution in [-0.2, 0) is 65.4 Å². The number of esters is 4. The van der Waals surface area contributed by atoms with Crippen molar-refractivity contribution in [3.8, 4) is 0 Å². The normalized spacial score (nSPS) is 14.8. The number of rotatable bonds is 69. The molecule has 0 saturated heterocycles. The number of phosphoric ester groups is 2. The number of hydrogen-bond donors (Lipinski definition) is 3. The maximum atomic E-state index is 13.0. The van der Waals surface area contributed by atoms with Gasteiger partial charge in [0.1, 0.15) is 19.3 Å². The van der Waals surface area contributed by atoms with Gasteiger partial charge < -0.3 is 33.8 Å². The number of hydrogen-bond acceptors (Lipinski definition) is 15. The second-order valence-electron chi connectivity index (χ2n) is 26.6. The van der Waals surface area contributed by atoms with Gasteiger partial charge >= 0.3 is 39.5 Å². The molecule has 0 fully saturated rings. The molecule has 0 aromatic heterocycles. The lowest BCUT2D eigenvalue weighted by atomic mass is 9.99. The molecule has 0 aliphatic heterocycles. The van der Waals surface area contributed by atoms with Crippen molar-refractivity contribution >= 4 is 39.5 Å². The molecule has 0 radical (unpaired) electrons. The van der Waals surface area contributed by atoms with Crippen molar-refractivity contribution in [1.29, 1.82) is 0 Å². The molecule has 90 heavy (non-hydrogen) atoms. The zero-order valence-electron chi connectivity index (χ0n) is 58.6. The minimum absolute atomic E-state index is 0.102. The maximum absolute atomic E-state index is 13.0. The molecule has 0 bridgehead atoms. The first-order valence-electron chi connectivity index (χ1n) is 36.9. The number of carbonyl (C=O) groups is 4. The summed E-state index contributed by atoms with van der Waals surface area (Å²) in [5.41, 5.74) is 0. The summed E-state index contributed by atoms with van der Waals surface area (Å²) in [6, 6.07) is 0. The van der Waals surface area contributed by atoms with Crippen LogP contribution in [0.1, 0.15) is 357 Å². The Morgan fingerprint density at radius 2 is 0.567 bits per heavy atom. The van der Waals surface area contributed by atoms with E-state index in [-0.39, 0.29) is 25.7 Å². The zero-order chi connectivity index (χ0) is 66.6. The third kappa shape index (κ3) is 62.2. The summed E-state index contributed by atoms with van der Waals surface area (Å²) in [6.45, 7) is 11.7.